The van der Waals surface area contributed by atoms with Gasteiger partial charge in [0.25, 0.3) is 0 Å². The zero-order valence-electron chi connectivity index (χ0n) is 10.2. The molecule has 0 saturated heterocycles. The van der Waals surface area contributed by atoms with Crippen LogP contribution in [0.15, 0.2) is 6.07 Å². The zero-order valence-corrected chi connectivity index (χ0v) is 11.1. The molecule has 1 heterocycles. The number of rotatable bonds is 6. The summed E-state index contributed by atoms with van der Waals surface area (Å²) >= 11 is 5.15. The van der Waals surface area contributed by atoms with Crippen LogP contribution in [0.2, 0.25) is 0 Å². The molecule has 4 heteroatoms. The number of nitrogens with zero attached hydrogens (tertiary/aromatic N) is 1. The molecule has 0 saturated carbocycles. The van der Waals surface area contributed by atoms with Crippen molar-refractivity contribution in [3.8, 4) is 0 Å². The average Bonchev–Trinajstić information content (AvgIpc) is 2.16. The van der Waals surface area contributed by atoms with Gasteiger partial charge in [-0.05, 0) is 25.3 Å². The molecule has 1 N–H and O–H groups in total. The summed E-state index contributed by atoms with van der Waals surface area (Å²) in [5, 5.41) is 0. The minimum absolute atomic E-state index is 0.618. The summed E-state index contributed by atoms with van der Waals surface area (Å²) < 4.78 is 5.97. The van der Waals surface area contributed by atoms with E-state index in [1.54, 1.807) is 0 Å². The van der Waals surface area contributed by atoms with E-state index in [1.807, 2.05) is 13.0 Å². The standard InChI is InChI=1S/C12H20N2OS/c1-4-15-6-5-11-13-10(7-9(2)3)8-12(16)14-11/h8-9H,4-7H2,1-3H3,(H,13,14,16). The second-order valence-corrected chi connectivity index (χ2v) is 4.65. The summed E-state index contributed by atoms with van der Waals surface area (Å²) in [6.45, 7) is 7.81. The molecule has 0 radical (unpaired) electrons. The molecule has 90 valence electrons. The summed E-state index contributed by atoms with van der Waals surface area (Å²) in [4.78, 5) is 7.61. The van der Waals surface area contributed by atoms with Gasteiger partial charge in [0.05, 0.1) is 6.61 Å². The van der Waals surface area contributed by atoms with Gasteiger partial charge in [0.1, 0.15) is 10.5 Å². The number of aromatic nitrogens is 2. The van der Waals surface area contributed by atoms with Gasteiger partial charge in [-0.1, -0.05) is 26.1 Å². The van der Waals surface area contributed by atoms with Crippen molar-refractivity contribution in [2.24, 2.45) is 5.92 Å². The fourth-order valence-electron chi connectivity index (χ4n) is 1.55. The molecule has 16 heavy (non-hydrogen) atoms. The average molecular weight is 240 g/mol. The lowest BCUT2D eigenvalue weighted by atomic mass is 10.1. The fraction of sp³-hybridized carbons (Fsp3) is 0.667. The zero-order chi connectivity index (χ0) is 12.0. The second kappa shape index (κ2) is 6.76. The third-order valence-electron chi connectivity index (χ3n) is 2.16. The Kier molecular flexibility index (Phi) is 5.63. The molecule has 1 aromatic rings. The van der Waals surface area contributed by atoms with Gasteiger partial charge in [0.2, 0.25) is 0 Å². The van der Waals surface area contributed by atoms with E-state index in [2.05, 4.69) is 23.8 Å². The Labute approximate surface area is 102 Å². The third-order valence-corrected chi connectivity index (χ3v) is 2.37. The molecule has 1 rings (SSSR count). The second-order valence-electron chi connectivity index (χ2n) is 4.24. The van der Waals surface area contributed by atoms with Crippen molar-refractivity contribution in [2.75, 3.05) is 13.2 Å². The normalized spacial score (nSPS) is 11.0. The van der Waals surface area contributed by atoms with Gasteiger partial charge < -0.3 is 9.72 Å². The Balaban J connectivity index is 2.69. The molecule has 0 bridgehead atoms. The topological polar surface area (TPSA) is 37.9 Å². The van der Waals surface area contributed by atoms with Gasteiger partial charge in [-0.2, -0.15) is 0 Å². The fourth-order valence-corrected chi connectivity index (χ4v) is 1.80. The molecular formula is C12H20N2OS. The smallest absolute Gasteiger partial charge is 0.129 e. The molecule has 0 aliphatic heterocycles. The molecular weight excluding hydrogens is 220 g/mol. The van der Waals surface area contributed by atoms with E-state index < -0.39 is 0 Å². The van der Waals surface area contributed by atoms with Crippen LogP contribution in [0, 0.1) is 10.6 Å². The number of hydrogen-bond acceptors (Lipinski definition) is 3. The first-order chi connectivity index (χ1) is 7.61. The Morgan fingerprint density at radius 3 is 2.88 bits per heavy atom. The van der Waals surface area contributed by atoms with Gasteiger partial charge >= 0.3 is 0 Å². The molecule has 0 fully saturated rings. The van der Waals surface area contributed by atoms with Crippen LogP contribution in [0.3, 0.4) is 0 Å². The minimum Gasteiger partial charge on any atom is -0.381 e. The first kappa shape index (κ1) is 13.3. The van der Waals surface area contributed by atoms with E-state index in [4.69, 9.17) is 17.0 Å². The van der Waals surface area contributed by atoms with Crippen LogP contribution in [-0.4, -0.2) is 23.2 Å². The molecule has 0 aliphatic rings. The number of ether oxygens (including phenoxy) is 1. The Bertz CT molecular complexity index is 374. The van der Waals surface area contributed by atoms with Crippen molar-refractivity contribution in [3.63, 3.8) is 0 Å². The lowest BCUT2D eigenvalue weighted by molar-refractivity contribution is 0.149. The lowest BCUT2D eigenvalue weighted by Gasteiger charge is -2.08. The van der Waals surface area contributed by atoms with E-state index in [1.165, 1.54) is 5.69 Å². The molecule has 3 nitrogen and oxygen atoms in total. The van der Waals surface area contributed by atoms with Gasteiger partial charge in [0.15, 0.2) is 0 Å². The van der Waals surface area contributed by atoms with Crippen molar-refractivity contribution in [1.82, 2.24) is 9.97 Å². The predicted molar refractivity (Wildman–Crippen MR) is 68.2 cm³/mol. The van der Waals surface area contributed by atoms with Gasteiger partial charge in [-0.25, -0.2) is 4.98 Å². The van der Waals surface area contributed by atoms with Crippen molar-refractivity contribution >= 4 is 12.2 Å². The first-order valence-corrected chi connectivity index (χ1v) is 6.19. The molecule has 1 aromatic heterocycles. The first-order valence-electron chi connectivity index (χ1n) is 5.78. The van der Waals surface area contributed by atoms with Crippen molar-refractivity contribution in [3.05, 3.63) is 22.2 Å². The SMILES string of the molecule is CCOCCc1nc(=S)cc(CC(C)C)[nH]1. The van der Waals surface area contributed by atoms with Crippen LogP contribution in [0.1, 0.15) is 32.3 Å². The number of hydrogen-bond donors (Lipinski definition) is 1. The van der Waals surface area contributed by atoms with Gasteiger partial charge in [0, 0.05) is 18.7 Å². The Morgan fingerprint density at radius 2 is 2.25 bits per heavy atom. The van der Waals surface area contributed by atoms with E-state index in [0.717, 1.165) is 25.3 Å². The number of H-pyrrole nitrogens is 1. The highest BCUT2D eigenvalue weighted by molar-refractivity contribution is 7.71. The highest BCUT2D eigenvalue weighted by atomic mass is 32.1. The molecule has 0 atom stereocenters. The van der Waals surface area contributed by atoms with Gasteiger partial charge in [-0.15, -0.1) is 0 Å². The summed E-state index contributed by atoms with van der Waals surface area (Å²) in [5.41, 5.74) is 1.17. The number of nitrogens with one attached hydrogen (secondary N) is 1. The van der Waals surface area contributed by atoms with Crippen LogP contribution in [-0.2, 0) is 17.6 Å². The van der Waals surface area contributed by atoms with E-state index in [9.17, 15) is 0 Å². The van der Waals surface area contributed by atoms with Crippen LogP contribution < -0.4 is 0 Å². The largest absolute Gasteiger partial charge is 0.381 e. The molecule has 0 spiro atoms. The van der Waals surface area contributed by atoms with Crippen molar-refractivity contribution in [1.29, 1.82) is 0 Å². The predicted octanol–water partition coefficient (Wildman–Crippen LogP) is 2.92. The summed E-state index contributed by atoms with van der Waals surface area (Å²) in [5.74, 6) is 1.55. The highest BCUT2D eigenvalue weighted by Crippen LogP contribution is 2.06. The highest BCUT2D eigenvalue weighted by Gasteiger charge is 2.02. The lowest BCUT2D eigenvalue weighted by Crippen LogP contribution is -2.06. The summed E-state index contributed by atoms with van der Waals surface area (Å²) in [6, 6.07) is 1.94. The molecule has 0 unspecified atom stereocenters. The van der Waals surface area contributed by atoms with E-state index in [-0.39, 0.29) is 0 Å². The van der Waals surface area contributed by atoms with Gasteiger partial charge in [-0.3, -0.25) is 0 Å². The molecule has 0 amide bonds. The maximum atomic E-state index is 5.30. The number of aromatic amines is 1. The molecule has 0 aliphatic carbocycles. The summed E-state index contributed by atoms with van der Waals surface area (Å²) in [7, 11) is 0. The van der Waals surface area contributed by atoms with Crippen molar-refractivity contribution in [2.45, 2.75) is 33.6 Å². The van der Waals surface area contributed by atoms with Crippen LogP contribution in [0.4, 0.5) is 0 Å². The van der Waals surface area contributed by atoms with Crippen LogP contribution >= 0.6 is 12.2 Å². The van der Waals surface area contributed by atoms with Crippen LogP contribution in [0.5, 0.6) is 0 Å². The van der Waals surface area contributed by atoms with Crippen LogP contribution in [0.25, 0.3) is 0 Å². The minimum atomic E-state index is 0.618. The van der Waals surface area contributed by atoms with Crippen molar-refractivity contribution < 1.29 is 4.74 Å². The third kappa shape index (κ3) is 4.86. The maximum Gasteiger partial charge on any atom is 0.129 e. The van der Waals surface area contributed by atoms with E-state index in [0.29, 0.717) is 17.2 Å². The summed E-state index contributed by atoms with van der Waals surface area (Å²) in [6.07, 6.45) is 1.80. The van der Waals surface area contributed by atoms with E-state index >= 15 is 0 Å². The Hall–Kier alpha value is -0.740. The Morgan fingerprint density at radius 1 is 1.50 bits per heavy atom. The monoisotopic (exact) mass is 240 g/mol. The quantitative estimate of drug-likeness (QED) is 0.613. The molecule has 0 aromatic carbocycles. The maximum absolute atomic E-state index is 5.30.